The van der Waals surface area contributed by atoms with Crippen molar-refractivity contribution in [1.29, 1.82) is 0 Å². The molecule has 0 aromatic heterocycles. The summed E-state index contributed by atoms with van der Waals surface area (Å²) in [6.45, 7) is 4.78. The summed E-state index contributed by atoms with van der Waals surface area (Å²) in [5.74, 6) is -0.183. The van der Waals surface area contributed by atoms with Gasteiger partial charge in [0.1, 0.15) is 0 Å². The van der Waals surface area contributed by atoms with E-state index in [0.29, 0.717) is 11.3 Å². The van der Waals surface area contributed by atoms with Crippen LogP contribution < -0.4 is 16.0 Å². The Kier molecular flexibility index (Phi) is 6.86. The molecule has 2 atom stereocenters. The first-order valence-corrected chi connectivity index (χ1v) is 11.5. The lowest BCUT2D eigenvalue weighted by Gasteiger charge is -2.19. The van der Waals surface area contributed by atoms with E-state index in [0.717, 1.165) is 54.1 Å². The van der Waals surface area contributed by atoms with Crippen molar-refractivity contribution in [3.05, 3.63) is 77.4 Å². The van der Waals surface area contributed by atoms with Crippen molar-refractivity contribution >= 4 is 28.3 Å². The third kappa shape index (κ3) is 5.00. The molecule has 1 saturated heterocycles. The second-order valence-electron chi connectivity index (χ2n) is 8.64. The molecule has 0 spiro atoms. The molecule has 3 aromatic carbocycles. The molecule has 0 saturated carbocycles. The molecule has 5 heteroatoms. The first-order valence-electron chi connectivity index (χ1n) is 11.5. The normalized spacial score (nSPS) is 17.4. The number of benzene rings is 3. The number of hydrogen-bond donors (Lipinski definition) is 3. The van der Waals surface area contributed by atoms with Crippen LogP contribution in [0.5, 0.6) is 0 Å². The molecule has 0 bridgehead atoms. The molecule has 1 heterocycles. The topological polar surface area (TPSA) is 70.2 Å². The Morgan fingerprint density at radius 2 is 1.81 bits per heavy atom. The van der Waals surface area contributed by atoms with E-state index in [1.165, 1.54) is 0 Å². The van der Waals surface area contributed by atoms with E-state index in [1.807, 2.05) is 44.2 Å². The number of amides is 2. The van der Waals surface area contributed by atoms with Crippen LogP contribution in [0.25, 0.3) is 10.8 Å². The predicted octanol–water partition coefficient (Wildman–Crippen LogP) is 5.11. The minimum absolute atomic E-state index is 0.0359. The average molecular weight is 430 g/mol. The molecule has 1 aliphatic heterocycles. The van der Waals surface area contributed by atoms with Crippen LogP contribution in [0.2, 0.25) is 0 Å². The van der Waals surface area contributed by atoms with Gasteiger partial charge in [0.2, 0.25) is 5.91 Å². The van der Waals surface area contributed by atoms with Crippen molar-refractivity contribution in [1.82, 2.24) is 10.6 Å². The molecule has 1 aliphatic rings. The van der Waals surface area contributed by atoms with E-state index in [4.69, 9.17) is 0 Å². The average Bonchev–Trinajstić information content (AvgIpc) is 3.09. The molecule has 2 amide bonds. The van der Waals surface area contributed by atoms with Gasteiger partial charge in [0.25, 0.3) is 5.91 Å². The van der Waals surface area contributed by atoms with Crippen molar-refractivity contribution in [3.63, 3.8) is 0 Å². The molecular formula is C27H31N3O2. The number of carbonyl (C=O) groups is 2. The number of anilines is 1. The SMILES string of the molecule is Cc1ccc(NC(=O)[C@@H]2CCCCCN2)cc1C(=O)N[C@H](C)c1cccc2ccccc12. The number of aryl methyl sites for hydroxylation is 1. The number of hydrogen-bond acceptors (Lipinski definition) is 3. The summed E-state index contributed by atoms with van der Waals surface area (Å²) in [4.78, 5) is 25.8. The Bertz CT molecular complexity index is 1110. The molecule has 166 valence electrons. The maximum Gasteiger partial charge on any atom is 0.252 e. The highest BCUT2D eigenvalue weighted by molar-refractivity contribution is 6.00. The third-order valence-electron chi connectivity index (χ3n) is 6.26. The Morgan fingerprint density at radius 3 is 2.69 bits per heavy atom. The molecule has 3 N–H and O–H groups in total. The van der Waals surface area contributed by atoms with Crippen molar-refractivity contribution in [2.24, 2.45) is 0 Å². The predicted molar refractivity (Wildman–Crippen MR) is 130 cm³/mol. The lowest BCUT2D eigenvalue weighted by Crippen LogP contribution is -2.39. The van der Waals surface area contributed by atoms with E-state index >= 15 is 0 Å². The van der Waals surface area contributed by atoms with E-state index in [1.54, 1.807) is 6.07 Å². The Balaban J connectivity index is 1.49. The van der Waals surface area contributed by atoms with Crippen LogP contribution >= 0.6 is 0 Å². The van der Waals surface area contributed by atoms with E-state index < -0.39 is 0 Å². The van der Waals surface area contributed by atoms with Gasteiger partial charge in [-0.1, -0.05) is 61.4 Å². The summed E-state index contributed by atoms with van der Waals surface area (Å²) >= 11 is 0. The summed E-state index contributed by atoms with van der Waals surface area (Å²) in [6, 6.07) is 19.5. The van der Waals surface area contributed by atoms with Crippen LogP contribution in [0.15, 0.2) is 60.7 Å². The number of carbonyl (C=O) groups excluding carboxylic acids is 2. The minimum Gasteiger partial charge on any atom is -0.345 e. The number of fused-ring (bicyclic) bond motifs is 1. The monoisotopic (exact) mass is 429 g/mol. The third-order valence-corrected chi connectivity index (χ3v) is 6.26. The second-order valence-corrected chi connectivity index (χ2v) is 8.64. The van der Waals surface area contributed by atoms with Gasteiger partial charge >= 0.3 is 0 Å². The van der Waals surface area contributed by atoms with Crippen LogP contribution in [0, 0.1) is 6.92 Å². The maximum absolute atomic E-state index is 13.1. The van der Waals surface area contributed by atoms with Crippen LogP contribution in [-0.2, 0) is 4.79 Å². The number of rotatable bonds is 5. The highest BCUT2D eigenvalue weighted by atomic mass is 16.2. The van der Waals surface area contributed by atoms with Gasteiger partial charge < -0.3 is 16.0 Å². The summed E-state index contributed by atoms with van der Waals surface area (Å²) in [6.07, 6.45) is 4.15. The summed E-state index contributed by atoms with van der Waals surface area (Å²) in [7, 11) is 0. The largest absolute Gasteiger partial charge is 0.345 e. The molecule has 5 nitrogen and oxygen atoms in total. The lowest BCUT2D eigenvalue weighted by molar-refractivity contribution is -0.118. The zero-order valence-corrected chi connectivity index (χ0v) is 18.8. The van der Waals surface area contributed by atoms with Gasteiger partial charge in [-0.15, -0.1) is 0 Å². The Hall–Kier alpha value is -3.18. The molecule has 1 fully saturated rings. The van der Waals surface area contributed by atoms with Crippen molar-refractivity contribution in [2.75, 3.05) is 11.9 Å². The lowest BCUT2D eigenvalue weighted by atomic mass is 9.99. The van der Waals surface area contributed by atoms with Crippen LogP contribution in [0.1, 0.15) is 60.1 Å². The van der Waals surface area contributed by atoms with Crippen molar-refractivity contribution in [2.45, 2.75) is 51.6 Å². The van der Waals surface area contributed by atoms with E-state index in [-0.39, 0.29) is 23.9 Å². The smallest absolute Gasteiger partial charge is 0.252 e. The van der Waals surface area contributed by atoms with Gasteiger partial charge in [-0.25, -0.2) is 0 Å². The molecule has 0 radical (unpaired) electrons. The molecule has 4 rings (SSSR count). The van der Waals surface area contributed by atoms with Gasteiger partial charge in [-0.3, -0.25) is 9.59 Å². The summed E-state index contributed by atoms with van der Waals surface area (Å²) in [5, 5.41) is 11.7. The van der Waals surface area contributed by atoms with E-state index in [2.05, 4.69) is 40.2 Å². The zero-order chi connectivity index (χ0) is 22.5. The Morgan fingerprint density at radius 1 is 1.00 bits per heavy atom. The highest BCUT2D eigenvalue weighted by Crippen LogP contribution is 2.25. The van der Waals surface area contributed by atoms with E-state index in [9.17, 15) is 9.59 Å². The summed E-state index contributed by atoms with van der Waals surface area (Å²) < 4.78 is 0. The minimum atomic E-state index is -0.178. The molecule has 0 unspecified atom stereocenters. The van der Waals surface area contributed by atoms with Crippen molar-refractivity contribution in [3.8, 4) is 0 Å². The maximum atomic E-state index is 13.1. The fourth-order valence-corrected chi connectivity index (χ4v) is 4.41. The first-order chi connectivity index (χ1) is 15.5. The molecule has 0 aliphatic carbocycles. The number of nitrogens with one attached hydrogen (secondary N) is 3. The fraction of sp³-hybridized carbons (Fsp3) is 0.333. The first kappa shape index (κ1) is 22.0. The van der Waals surface area contributed by atoms with Crippen LogP contribution in [0.4, 0.5) is 5.69 Å². The van der Waals surface area contributed by atoms with Gasteiger partial charge in [0, 0.05) is 11.3 Å². The van der Waals surface area contributed by atoms with Crippen LogP contribution in [-0.4, -0.2) is 24.4 Å². The molecular weight excluding hydrogens is 398 g/mol. The zero-order valence-electron chi connectivity index (χ0n) is 18.8. The van der Waals surface area contributed by atoms with Crippen LogP contribution in [0.3, 0.4) is 0 Å². The highest BCUT2D eigenvalue weighted by Gasteiger charge is 2.21. The van der Waals surface area contributed by atoms with Gasteiger partial charge in [0.15, 0.2) is 0 Å². The van der Waals surface area contributed by atoms with Gasteiger partial charge in [-0.05, 0) is 67.3 Å². The Labute approximate surface area is 189 Å². The van der Waals surface area contributed by atoms with Gasteiger partial charge in [-0.2, -0.15) is 0 Å². The quantitative estimate of drug-likeness (QED) is 0.528. The molecule has 32 heavy (non-hydrogen) atoms. The standard InChI is InChI=1S/C27H31N3O2/c1-18-14-15-21(30-27(32)25-13-4-3-7-16-28-25)17-24(18)26(31)29-19(2)22-12-8-10-20-9-5-6-11-23(20)22/h5-6,8-12,14-15,17,19,25,28H,3-4,7,13,16H2,1-2H3,(H,29,31)(H,30,32)/t19-,25+/m1/s1. The second kappa shape index (κ2) is 9.96. The molecule has 3 aromatic rings. The fourth-order valence-electron chi connectivity index (χ4n) is 4.41. The summed E-state index contributed by atoms with van der Waals surface area (Å²) in [5.41, 5.74) is 3.18. The van der Waals surface area contributed by atoms with Crippen molar-refractivity contribution < 1.29 is 9.59 Å². The van der Waals surface area contributed by atoms with Gasteiger partial charge in [0.05, 0.1) is 12.1 Å².